The number of hydrogen-bond acceptors (Lipinski definition) is 4. The number of imidazole rings is 1. The molecule has 1 heterocycles. The SMILES string of the molecule is COc1ccccc1CNC(=O)c1ccc2c(c1)nc(C)n2-c1ccc(OCc2ccccc2)cc1. The molecule has 0 radical (unpaired) electrons. The molecule has 1 aromatic heterocycles. The molecule has 0 spiro atoms. The molecule has 0 saturated carbocycles. The highest BCUT2D eigenvalue weighted by atomic mass is 16.5. The molecule has 6 heteroatoms. The molecule has 1 amide bonds. The van der Waals surface area contributed by atoms with Gasteiger partial charge in [-0.05, 0) is 61.0 Å². The van der Waals surface area contributed by atoms with Gasteiger partial charge in [-0.1, -0.05) is 48.5 Å². The number of para-hydroxylation sites is 1. The topological polar surface area (TPSA) is 65.4 Å². The second-order valence-corrected chi connectivity index (χ2v) is 8.46. The number of ether oxygens (including phenoxy) is 2. The van der Waals surface area contributed by atoms with Crippen molar-refractivity contribution in [3.63, 3.8) is 0 Å². The Morgan fingerprint density at radius 3 is 2.44 bits per heavy atom. The molecule has 36 heavy (non-hydrogen) atoms. The zero-order valence-electron chi connectivity index (χ0n) is 20.3. The second-order valence-electron chi connectivity index (χ2n) is 8.46. The van der Waals surface area contributed by atoms with Gasteiger partial charge in [0.1, 0.15) is 23.9 Å². The van der Waals surface area contributed by atoms with Crippen LogP contribution in [0.15, 0.2) is 97.1 Å². The van der Waals surface area contributed by atoms with Crippen molar-refractivity contribution in [3.05, 3.63) is 120 Å². The Balaban J connectivity index is 1.31. The van der Waals surface area contributed by atoms with Crippen molar-refractivity contribution in [3.8, 4) is 17.2 Å². The molecule has 0 atom stereocenters. The quantitative estimate of drug-likeness (QED) is 0.304. The van der Waals surface area contributed by atoms with Gasteiger partial charge < -0.3 is 14.8 Å². The third-order valence-electron chi connectivity index (χ3n) is 6.06. The lowest BCUT2D eigenvalue weighted by molar-refractivity contribution is 0.0951. The second kappa shape index (κ2) is 10.4. The van der Waals surface area contributed by atoms with Gasteiger partial charge in [0.2, 0.25) is 0 Å². The van der Waals surface area contributed by atoms with Crippen LogP contribution in [0.4, 0.5) is 0 Å². The molecule has 180 valence electrons. The molecule has 0 aliphatic carbocycles. The van der Waals surface area contributed by atoms with Crippen LogP contribution in [0, 0.1) is 6.92 Å². The monoisotopic (exact) mass is 477 g/mol. The lowest BCUT2D eigenvalue weighted by Gasteiger charge is -2.11. The Morgan fingerprint density at radius 2 is 1.67 bits per heavy atom. The van der Waals surface area contributed by atoms with Gasteiger partial charge in [0.25, 0.3) is 5.91 Å². The number of carbonyl (C=O) groups excluding carboxylic acids is 1. The average molecular weight is 478 g/mol. The zero-order valence-corrected chi connectivity index (χ0v) is 20.3. The van der Waals surface area contributed by atoms with Crippen LogP contribution in [-0.2, 0) is 13.2 Å². The fraction of sp³-hybridized carbons (Fsp3) is 0.133. The summed E-state index contributed by atoms with van der Waals surface area (Å²) in [4.78, 5) is 17.5. The van der Waals surface area contributed by atoms with Crippen molar-refractivity contribution >= 4 is 16.9 Å². The molecular weight excluding hydrogens is 450 g/mol. The average Bonchev–Trinajstić information content (AvgIpc) is 3.26. The maximum atomic E-state index is 12.8. The van der Waals surface area contributed by atoms with E-state index in [1.807, 2.05) is 104 Å². The fourth-order valence-electron chi connectivity index (χ4n) is 4.23. The number of benzene rings is 4. The number of aryl methyl sites for hydroxylation is 1. The van der Waals surface area contributed by atoms with Crippen molar-refractivity contribution in [2.45, 2.75) is 20.1 Å². The fourth-order valence-corrected chi connectivity index (χ4v) is 4.23. The molecule has 5 aromatic rings. The Morgan fingerprint density at radius 1 is 0.917 bits per heavy atom. The predicted molar refractivity (Wildman–Crippen MR) is 141 cm³/mol. The first-order valence-corrected chi connectivity index (χ1v) is 11.8. The highest BCUT2D eigenvalue weighted by Gasteiger charge is 2.13. The van der Waals surface area contributed by atoms with Gasteiger partial charge in [-0.25, -0.2) is 4.98 Å². The summed E-state index contributed by atoms with van der Waals surface area (Å²) in [5.41, 5.74) is 5.29. The Bertz CT molecular complexity index is 1490. The van der Waals surface area contributed by atoms with Crippen LogP contribution in [-0.4, -0.2) is 22.6 Å². The first-order valence-electron chi connectivity index (χ1n) is 11.8. The number of methoxy groups -OCH3 is 1. The first kappa shape index (κ1) is 23.2. The summed E-state index contributed by atoms with van der Waals surface area (Å²) < 4.78 is 13.4. The van der Waals surface area contributed by atoms with E-state index in [4.69, 9.17) is 14.5 Å². The molecule has 0 bridgehead atoms. The highest BCUT2D eigenvalue weighted by molar-refractivity contribution is 5.97. The molecule has 0 aliphatic heterocycles. The number of aromatic nitrogens is 2. The van der Waals surface area contributed by atoms with E-state index in [2.05, 4.69) is 9.88 Å². The van der Waals surface area contributed by atoms with E-state index in [1.54, 1.807) is 7.11 Å². The third-order valence-corrected chi connectivity index (χ3v) is 6.06. The van der Waals surface area contributed by atoms with Crippen LogP contribution < -0.4 is 14.8 Å². The standard InChI is InChI=1S/C30H27N3O3/c1-21-32-27-18-23(30(34)31-19-24-10-6-7-11-29(24)35-2)12-17-28(27)33(21)25-13-15-26(16-14-25)36-20-22-8-4-3-5-9-22/h3-18H,19-20H2,1-2H3,(H,31,34). The largest absolute Gasteiger partial charge is 0.496 e. The van der Waals surface area contributed by atoms with Gasteiger partial charge in [-0.2, -0.15) is 0 Å². The molecule has 5 rings (SSSR count). The smallest absolute Gasteiger partial charge is 0.251 e. The van der Waals surface area contributed by atoms with Crippen molar-refractivity contribution in [2.75, 3.05) is 7.11 Å². The summed E-state index contributed by atoms with van der Waals surface area (Å²) in [6.07, 6.45) is 0. The predicted octanol–water partition coefficient (Wildman–Crippen LogP) is 5.85. The summed E-state index contributed by atoms with van der Waals surface area (Å²) in [5, 5.41) is 2.97. The van der Waals surface area contributed by atoms with Gasteiger partial charge in [0.05, 0.1) is 18.1 Å². The van der Waals surface area contributed by atoms with E-state index < -0.39 is 0 Å². The van der Waals surface area contributed by atoms with Crippen LogP contribution in [0.2, 0.25) is 0 Å². The van der Waals surface area contributed by atoms with Crippen molar-refractivity contribution in [1.82, 2.24) is 14.9 Å². The summed E-state index contributed by atoms with van der Waals surface area (Å²) in [5.74, 6) is 2.24. The number of amides is 1. The first-order chi connectivity index (χ1) is 17.6. The maximum Gasteiger partial charge on any atom is 0.251 e. The molecule has 0 unspecified atom stereocenters. The zero-order chi connectivity index (χ0) is 24.9. The van der Waals surface area contributed by atoms with Crippen molar-refractivity contribution < 1.29 is 14.3 Å². The molecule has 0 fully saturated rings. The van der Waals surface area contributed by atoms with E-state index >= 15 is 0 Å². The maximum absolute atomic E-state index is 12.8. The lowest BCUT2D eigenvalue weighted by atomic mass is 10.1. The van der Waals surface area contributed by atoms with Gasteiger partial charge in [-0.15, -0.1) is 0 Å². The summed E-state index contributed by atoms with van der Waals surface area (Å²) in [6.45, 7) is 2.86. The normalized spacial score (nSPS) is 10.8. The molecule has 6 nitrogen and oxygen atoms in total. The Hall–Kier alpha value is -4.58. The highest BCUT2D eigenvalue weighted by Crippen LogP contribution is 2.25. The third kappa shape index (κ3) is 4.93. The Labute approximate surface area is 210 Å². The van der Waals surface area contributed by atoms with Gasteiger partial charge in [0, 0.05) is 23.4 Å². The number of rotatable bonds is 8. The lowest BCUT2D eigenvalue weighted by Crippen LogP contribution is -2.23. The van der Waals surface area contributed by atoms with Crippen LogP contribution in [0.5, 0.6) is 11.5 Å². The van der Waals surface area contributed by atoms with Crippen LogP contribution >= 0.6 is 0 Å². The van der Waals surface area contributed by atoms with Crippen molar-refractivity contribution in [2.24, 2.45) is 0 Å². The van der Waals surface area contributed by atoms with Gasteiger partial charge in [-0.3, -0.25) is 9.36 Å². The van der Waals surface area contributed by atoms with Crippen LogP contribution in [0.25, 0.3) is 16.7 Å². The van der Waals surface area contributed by atoms with E-state index in [-0.39, 0.29) is 5.91 Å². The number of hydrogen-bond donors (Lipinski definition) is 1. The minimum atomic E-state index is -0.157. The summed E-state index contributed by atoms with van der Waals surface area (Å²) in [6, 6.07) is 31.3. The minimum absolute atomic E-state index is 0.157. The van der Waals surface area contributed by atoms with E-state index in [9.17, 15) is 4.79 Å². The van der Waals surface area contributed by atoms with E-state index in [0.717, 1.165) is 45.2 Å². The minimum Gasteiger partial charge on any atom is -0.496 e. The number of nitrogens with zero attached hydrogens (tertiary/aromatic N) is 2. The summed E-state index contributed by atoms with van der Waals surface area (Å²) >= 11 is 0. The van der Waals surface area contributed by atoms with Gasteiger partial charge in [0.15, 0.2) is 0 Å². The molecule has 4 aromatic carbocycles. The molecule has 0 saturated heterocycles. The van der Waals surface area contributed by atoms with Crippen molar-refractivity contribution in [1.29, 1.82) is 0 Å². The number of fused-ring (bicyclic) bond motifs is 1. The van der Waals surface area contributed by atoms with E-state index in [0.29, 0.717) is 18.7 Å². The van der Waals surface area contributed by atoms with Gasteiger partial charge >= 0.3 is 0 Å². The molecular formula is C30H27N3O3. The number of nitrogens with one attached hydrogen (secondary N) is 1. The molecule has 1 N–H and O–H groups in total. The van der Waals surface area contributed by atoms with Crippen LogP contribution in [0.3, 0.4) is 0 Å². The summed E-state index contributed by atoms with van der Waals surface area (Å²) in [7, 11) is 1.62. The van der Waals surface area contributed by atoms with Crippen LogP contribution in [0.1, 0.15) is 27.3 Å². The Kier molecular flexibility index (Phi) is 6.67. The van der Waals surface area contributed by atoms with E-state index in [1.165, 1.54) is 0 Å². The molecule has 0 aliphatic rings. The number of carbonyl (C=O) groups is 1.